The molecule has 4 unspecified atom stereocenters. The normalized spacial score (nSPS) is 68.2. The number of esters is 1. The van der Waals surface area contributed by atoms with Crippen LogP contribution in [0, 0.1) is 5.41 Å². The number of carbonyl (C=O) groups is 1. The Morgan fingerprint density at radius 2 is 2.36 bits per heavy atom. The topological polar surface area (TPSA) is 35.5 Å². The van der Waals surface area contributed by atoms with Crippen molar-refractivity contribution in [1.82, 2.24) is 0 Å². The van der Waals surface area contributed by atoms with Gasteiger partial charge in [-0.25, -0.2) is 0 Å². The summed E-state index contributed by atoms with van der Waals surface area (Å²) in [6.45, 7) is 0. The van der Waals surface area contributed by atoms with Crippen molar-refractivity contribution in [3.05, 3.63) is 0 Å². The molecule has 5 fully saturated rings. The Hall–Kier alpha value is -0.570. The molecule has 4 atom stereocenters. The smallest absolute Gasteiger partial charge is 0.315 e. The molecule has 4 bridgehead atoms. The molecule has 5 aliphatic rings. The first-order valence-electron chi connectivity index (χ1n) is 4.14. The van der Waals surface area contributed by atoms with E-state index in [2.05, 4.69) is 0 Å². The highest BCUT2D eigenvalue weighted by Gasteiger charge is 2.85. The summed E-state index contributed by atoms with van der Waals surface area (Å²) in [5, 5.41) is 0. The Morgan fingerprint density at radius 1 is 1.45 bits per heavy atom. The van der Waals surface area contributed by atoms with Crippen molar-refractivity contribution in [2.45, 2.75) is 37.1 Å². The molecule has 2 spiro atoms. The lowest BCUT2D eigenvalue weighted by Crippen LogP contribution is -2.57. The fourth-order valence-electron chi connectivity index (χ4n) is 3.54. The molecule has 0 radical (unpaired) electrons. The van der Waals surface area contributed by atoms with Crippen molar-refractivity contribution in [2.24, 2.45) is 5.41 Å². The Kier molecular flexibility index (Phi) is 0.484. The maximum atomic E-state index is 11.3. The molecule has 3 nitrogen and oxygen atoms in total. The van der Waals surface area contributed by atoms with Crippen LogP contribution in [0.1, 0.15) is 19.3 Å². The van der Waals surface area contributed by atoms with Crippen LogP contribution in [0.5, 0.6) is 0 Å². The van der Waals surface area contributed by atoms with E-state index in [0.717, 1.165) is 19.3 Å². The van der Waals surface area contributed by atoms with E-state index in [1.165, 1.54) is 0 Å². The van der Waals surface area contributed by atoms with Crippen molar-refractivity contribution in [2.75, 3.05) is 0 Å². The van der Waals surface area contributed by atoms with Gasteiger partial charge in [-0.3, -0.25) is 4.79 Å². The van der Waals surface area contributed by atoms with E-state index in [0.29, 0.717) is 6.10 Å². The van der Waals surface area contributed by atoms with Gasteiger partial charge in [0, 0.05) is 12.8 Å². The van der Waals surface area contributed by atoms with Gasteiger partial charge in [-0.15, -0.1) is 0 Å². The first kappa shape index (κ1) is 5.14. The zero-order chi connectivity index (χ0) is 7.27. The quantitative estimate of drug-likeness (QED) is 0.466. The summed E-state index contributed by atoms with van der Waals surface area (Å²) >= 11 is 0. The highest BCUT2D eigenvalue weighted by molar-refractivity contribution is 5.86. The minimum absolute atomic E-state index is 0.0162. The Labute approximate surface area is 63.7 Å². The van der Waals surface area contributed by atoms with Crippen molar-refractivity contribution < 1.29 is 14.3 Å². The molecular formula is C8H8O3. The van der Waals surface area contributed by atoms with E-state index >= 15 is 0 Å². The standard InChI is InChI=1S/C8H8O3/c9-6-7-1-4-2-8(3-7,11-6)5(7)10-4/h4-5H,1-3H2. The summed E-state index contributed by atoms with van der Waals surface area (Å²) < 4.78 is 11.0. The second-order valence-electron chi connectivity index (χ2n) is 4.33. The summed E-state index contributed by atoms with van der Waals surface area (Å²) in [6.07, 6.45) is 3.32. The molecule has 1 aliphatic carbocycles. The van der Waals surface area contributed by atoms with Gasteiger partial charge in [0.05, 0.1) is 6.10 Å². The number of ether oxygens (including phenoxy) is 2. The fourth-order valence-corrected chi connectivity index (χ4v) is 3.54. The number of carbonyl (C=O) groups excluding carboxylic acids is 1. The summed E-state index contributed by atoms with van der Waals surface area (Å²) in [5.41, 5.74) is -0.303. The summed E-state index contributed by atoms with van der Waals surface area (Å²) in [7, 11) is 0. The molecule has 0 aromatic rings. The van der Waals surface area contributed by atoms with E-state index in [1.54, 1.807) is 0 Å². The monoisotopic (exact) mass is 152 g/mol. The van der Waals surface area contributed by atoms with Crippen LogP contribution >= 0.6 is 0 Å². The van der Waals surface area contributed by atoms with E-state index < -0.39 is 0 Å². The highest BCUT2D eigenvalue weighted by atomic mass is 16.6. The van der Waals surface area contributed by atoms with Gasteiger partial charge in [0.15, 0.2) is 0 Å². The van der Waals surface area contributed by atoms with Crippen LogP contribution in [0.25, 0.3) is 0 Å². The molecule has 4 saturated heterocycles. The Bertz CT molecular complexity index is 283. The minimum atomic E-state index is -0.164. The Balaban J connectivity index is 2.03. The van der Waals surface area contributed by atoms with Crippen molar-refractivity contribution in [3.63, 3.8) is 0 Å². The van der Waals surface area contributed by atoms with Crippen LogP contribution in [-0.4, -0.2) is 23.8 Å². The van der Waals surface area contributed by atoms with Gasteiger partial charge in [-0.2, -0.15) is 0 Å². The van der Waals surface area contributed by atoms with Crippen LogP contribution < -0.4 is 0 Å². The molecule has 1 saturated carbocycles. The predicted octanol–water partition coefficient (Wildman–Crippen LogP) is 0.233. The molecule has 4 aliphatic heterocycles. The average molecular weight is 152 g/mol. The Morgan fingerprint density at radius 3 is 3.00 bits per heavy atom. The first-order valence-corrected chi connectivity index (χ1v) is 4.14. The second-order valence-corrected chi connectivity index (χ2v) is 4.33. The van der Waals surface area contributed by atoms with Crippen LogP contribution in [-0.2, 0) is 14.3 Å². The van der Waals surface area contributed by atoms with E-state index in [-0.39, 0.29) is 23.1 Å². The third-order valence-electron chi connectivity index (χ3n) is 3.79. The molecule has 3 heteroatoms. The lowest BCUT2D eigenvalue weighted by molar-refractivity contribution is -0.143. The van der Waals surface area contributed by atoms with Gasteiger partial charge >= 0.3 is 5.97 Å². The summed E-state index contributed by atoms with van der Waals surface area (Å²) in [5.74, 6) is 0.0162. The molecule has 0 aromatic heterocycles. The largest absolute Gasteiger partial charge is 0.456 e. The van der Waals surface area contributed by atoms with E-state index in [9.17, 15) is 4.79 Å². The molecule has 58 valence electrons. The fraction of sp³-hybridized carbons (Fsp3) is 0.875. The number of hydrogen-bond acceptors (Lipinski definition) is 3. The molecular weight excluding hydrogens is 144 g/mol. The number of fused-ring (bicyclic) bond motifs is 2. The molecule has 0 aromatic carbocycles. The third kappa shape index (κ3) is 0.289. The van der Waals surface area contributed by atoms with Crippen LogP contribution in [0.3, 0.4) is 0 Å². The molecule has 11 heavy (non-hydrogen) atoms. The summed E-state index contributed by atoms with van der Waals surface area (Å²) in [4.78, 5) is 11.3. The number of rotatable bonds is 0. The van der Waals surface area contributed by atoms with Gasteiger partial charge in [0.2, 0.25) is 0 Å². The SMILES string of the molecule is O=C1OC23CC4CC1(C2)C3O4. The maximum Gasteiger partial charge on any atom is 0.315 e. The van der Waals surface area contributed by atoms with E-state index in [1.807, 2.05) is 0 Å². The second kappa shape index (κ2) is 1.04. The highest BCUT2D eigenvalue weighted by Crippen LogP contribution is 2.73. The van der Waals surface area contributed by atoms with Crippen molar-refractivity contribution in [1.29, 1.82) is 0 Å². The average Bonchev–Trinajstić information content (AvgIpc) is 2.49. The zero-order valence-corrected chi connectivity index (χ0v) is 6.00. The van der Waals surface area contributed by atoms with Crippen molar-refractivity contribution in [3.8, 4) is 0 Å². The predicted molar refractivity (Wildman–Crippen MR) is 33.8 cm³/mol. The minimum Gasteiger partial charge on any atom is -0.456 e. The lowest BCUT2D eigenvalue weighted by Gasteiger charge is -2.44. The maximum absolute atomic E-state index is 11.3. The molecule has 5 rings (SSSR count). The van der Waals surface area contributed by atoms with Gasteiger partial charge in [0.1, 0.15) is 17.1 Å². The molecule has 4 heterocycles. The van der Waals surface area contributed by atoms with Gasteiger partial charge in [-0.05, 0) is 6.42 Å². The zero-order valence-electron chi connectivity index (χ0n) is 6.00. The van der Waals surface area contributed by atoms with Crippen LogP contribution in [0.2, 0.25) is 0 Å². The first-order chi connectivity index (χ1) is 5.25. The molecule has 0 N–H and O–H groups in total. The third-order valence-corrected chi connectivity index (χ3v) is 3.79. The van der Waals surface area contributed by atoms with E-state index in [4.69, 9.17) is 9.47 Å². The van der Waals surface area contributed by atoms with Gasteiger partial charge in [-0.1, -0.05) is 0 Å². The van der Waals surface area contributed by atoms with Gasteiger partial charge in [0.25, 0.3) is 0 Å². The van der Waals surface area contributed by atoms with Crippen molar-refractivity contribution >= 4 is 5.97 Å². The van der Waals surface area contributed by atoms with Crippen LogP contribution in [0.15, 0.2) is 0 Å². The lowest BCUT2D eigenvalue weighted by atomic mass is 9.54. The van der Waals surface area contributed by atoms with Crippen LogP contribution in [0.4, 0.5) is 0 Å². The summed E-state index contributed by atoms with van der Waals surface area (Å²) in [6, 6.07) is 0. The molecule has 0 amide bonds. The number of hydrogen-bond donors (Lipinski definition) is 0. The van der Waals surface area contributed by atoms with Gasteiger partial charge < -0.3 is 9.47 Å².